The van der Waals surface area contributed by atoms with Crippen LogP contribution in [0.2, 0.25) is 0 Å². The molecule has 1 aliphatic heterocycles. The number of anilines is 1. The number of fused-ring (bicyclic) bond motifs is 1. The Hall–Kier alpha value is -3.25. The maximum atomic E-state index is 4.67. The van der Waals surface area contributed by atoms with E-state index in [0.29, 0.717) is 0 Å². The van der Waals surface area contributed by atoms with Gasteiger partial charge in [0.15, 0.2) is 0 Å². The van der Waals surface area contributed by atoms with Gasteiger partial charge in [-0.25, -0.2) is 4.98 Å². The molecule has 140 valence electrons. The van der Waals surface area contributed by atoms with Crippen LogP contribution in [0.15, 0.2) is 55.0 Å². The second-order valence-corrected chi connectivity index (χ2v) is 7.13. The van der Waals surface area contributed by atoms with E-state index in [1.807, 2.05) is 31.3 Å². The number of imidazole rings is 1. The third-order valence-electron chi connectivity index (χ3n) is 5.21. The van der Waals surface area contributed by atoms with Crippen molar-refractivity contribution in [3.63, 3.8) is 0 Å². The average Bonchev–Trinajstić information content (AvgIpc) is 3.23. The van der Waals surface area contributed by atoms with Crippen LogP contribution in [0.25, 0.3) is 33.5 Å². The van der Waals surface area contributed by atoms with Crippen LogP contribution in [0.5, 0.6) is 0 Å². The second kappa shape index (κ2) is 7.05. The van der Waals surface area contributed by atoms with Crippen LogP contribution in [0.1, 0.15) is 5.69 Å². The summed E-state index contributed by atoms with van der Waals surface area (Å²) < 4.78 is 0. The number of pyridine rings is 2. The summed E-state index contributed by atoms with van der Waals surface area (Å²) in [5.41, 5.74) is 6.97. The summed E-state index contributed by atoms with van der Waals surface area (Å²) in [5, 5.41) is 4.52. The SMILES string of the molecule is Cc1cccc(-c2[nH]cnc2-c2ccc3ncc(N4CCNCC4)cc3c2)n1. The van der Waals surface area contributed by atoms with Crippen LogP contribution in [0, 0.1) is 6.92 Å². The molecule has 1 aliphatic rings. The van der Waals surface area contributed by atoms with Crippen molar-refractivity contribution in [2.75, 3.05) is 31.1 Å². The highest BCUT2D eigenvalue weighted by molar-refractivity contribution is 5.88. The molecule has 0 bridgehead atoms. The number of hydrogen-bond donors (Lipinski definition) is 2. The smallest absolute Gasteiger partial charge is 0.0977 e. The highest BCUT2D eigenvalue weighted by Gasteiger charge is 2.14. The van der Waals surface area contributed by atoms with Crippen LogP contribution >= 0.6 is 0 Å². The molecule has 1 saturated heterocycles. The van der Waals surface area contributed by atoms with E-state index in [1.54, 1.807) is 6.33 Å². The van der Waals surface area contributed by atoms with E-state index in [0.717, 1.165) is 65.4 Å². The maximum Gasteiger partial charge on any atom is 0.0977 e. The molecule has 0 spiro atoms. The topological polar surface area (TPSA) is 69.7 Å². The molecule has 0 unspecified atom stereocenters. The molecule has 28 heavy (non-hydrogen) atoms. The van der Waals surface area contributed by atoms with Gasteiger partial charge in [0.25, 0.3) is 0 Å². The minimum Gasteiger partial charge on any atom is -0.368 e. The van der Waals surface area contributed by atoms with Gasteiger partial charge in [-0.2, -0.15) is 0 Å². The van der Waals surface area contributed by atoms with Crippen molar-refractivity contribution in [3.05, 3.63) is 60.7 Å². The monoisotopic (exact) mass is 370 g/mol. The van der Waals surface area contributed by atoms with Gasteiger partial charge < -0.3 is 15.2 Å². The minimum atomic E-state index is 0.903. The average molecular weight is 370 g/mol. The Morgan fingerprint density at radius 1 is 1.00 bits per heavy atom. The van der Waals surface area contributed by atoms with E-state index in [9.17, 15) is 0 Å². The molecule has 0 aliphatic carbocycles. The molecule has 4 heterocycles. The van der Waals surface area contributed by atoms with Crippen LogP contribution in [0.4, 0.5) is 5.69 Å². The summed E-state index contributed by atoms with van der Waals surface area (Å²) in [4.78, 5) is 19.5. The van der Waals surface area contributed by atoms with E-state index in [-0.39, 0.29) is 0 Å². The van der Waals surface area contributed by atoms with Gasteiger partial charge in [-0.05, 0) is 37.3 Å². The fraction of sp³-hybridized carbons (Fsp3) is 0.227. The van der Waals surface area contributed by atoms with Gasteiger partial charge in [0.05, 0.1) is 40.8 Å². The first kappa shape index (κ1) is 16.9. The van der Waals surface area contributed by atoms with Gasteiger partial charge in [0.2, 0.25) is 0 Å². The zero-order valence-corrected chi connectivity index (χ0v) is 15.8. The molecule has 4 aromatic rings. The summed E-state index contributed by atoms with van der Waals surface area (Å²) in [6.07, 6.45) is 3.71. The number of H-pyrrole nitrogens is 1. The number of hydrogen-bond acceptors (Lipinski definition) is 5. The van der Waals surface area contributed by atoms with Gasteiger partial charge in [-0.1, -0.05) is 12.1 Å². The normalized spacial score (nSPS) is 14.5. The Morgan fingerprint density at radius 2 is 1.89 bits per heavy atom. The van der Waals surface area contributed by atoms with Gasteiger partial charge in [0, 0.05) is 42.8 Å². The van der Waals surface area contributed by atoms with Crippen molar-refractivity contribution in [1.29, 1.82) is 0 Å². The van der Waals surface area contributed by atoms with Gasteiger partial charge in [-0.3, -0.25) is 9.97 Å². The minimum absolute atomic E-state index is 0.903. The summed E-state index contributed by atoms with van der Waals surface area (Å²) in [5.74, 6) is 0. The fourth-order valence-corrected chi connectivity index (χ4v) is 3.75. The summed E-state index contributed by atoms with van der Waals surface area (Å²) >= 11 is 0. The first-order valence-electron chi connectivity index (χ1n) is 9.61. The van der Waals surface area contributed by atoms with Crippen LogP contribution in [0.3, 0.4) is 0 Å². The lowest BCUT2D eigenvalue weighted by molar-refractivity contribution is 0.589. The van der Waals surface area contributed by atoms with E-state index >= 15 is 0 Å². The van der Waals surface area contributed by atoms with E-state index in [4.69, 9.17) is 0 Å². The first-order valence-corrected chi connectivity index (χ1v) is 9.61. The van der Waals surface area contributed by atoms with Crippen molar-refractivity contribution >= 4 is 16.6 Å². The van der Waals surface area contributed by atoms with Crippen molar-refractivity contribution in [2.24, 2.45) is 0 Å². The molecule has 3 aromatic heterocycles. The number of aromatic amines is 1. The Balaban J connectivity index is 1.56. The number of nitrogens with zero attached hydrogens (tertiary/aromatic N) is 4. The zero-order chi connectivity index (χ0) is 18.9. The maximum absolute atomic E-state index is 4.67. The predicted molar refractivity (Wildman–Crippen MR) is 112 cm³/mol. The third-order valence-corrected chi connectivity index (χ3v) is 5.21. The molecular weight excluding hydrogens is 348 g/mol. The number of rotatable bonds is 3. The quantitative estimate of drug-likeness (QED) is 0.578. The highest BCUT2D eigenvalue weighted by Crippen LogP contribution is 2.31. The van der Waals surface area contributed by atoms with Crippen molar-refractivity contribution in [2.45, 2.75) is 6.92 Å². The lowest BCUT2D eigenvalue weighted by atomic mass is 10.0. The molecular formula is C22H22N6. The number of benzene rings is 1. The zero-order valence-electron chi connectivity index (χ0n) is 15.8. The number of piperazine rings is 1. The van der Waals surface area contributed by atoms with Crippen LogP contribution < -0.4 is 10.2 Å². The summed E-state index contributed by atoms with van der Waals surface area (Å²) in [7, 11) is 0. The molecule has 0 atom stereocenters. The molecule has 0 saturated carbocycles. The van der Waals surface area contributed by atoms with Crippen LogP contribution in [-0.4, -0.2) is 46.1 Å². The predicted octanol–water partition coefficient (Wildman–Crippen LogP) is 3.40. The molecule has 0 radical (unpaired) electrons. The second-order valence-electron chi connectivity index (χ2n) is 7.13. The lowest BCUT2D eigenvalue weighted by Crippen LogP contribution is -2.43. The molecule has 6 nitrogen and oxygen atoms in total. The Bertz CT molecular complexity index is 1130. The Morgan fingerprint density at radius 3 is 2.75 bits per heavy atom. The van der Waals surface area contributed by atoms with E-state index in [1.165, 1.54) is 5.69 Å². The highest BCUT2D eigenvalue weighted by atomic mass is 15.2. The Kier molecular flexibility index (Phi) is 4.25. The van der Waals surface area contributed by atoms with Gasteiger partial charge in [0.1, 0.15) is 0 Å². The molecule has 1 fully saturated rings. The molecule has 5 rings (SSSR count). The van der Waals surface area contributed by atoms with Crippen molar-refractivity contribution in [1.82, 2.24) is 25.3 Å². The number of aromatic nitrogens is 4. The molecule has 6 heteroatoms. The van der Waals surface area contributed by atoms with Crippen LogP contribution in [-0.2, 0) is 0 Å². The fourth-order valence-electron chi connectivity index (χ4n) is 3.75. The Labute approximate surface area is 163 Å². The standard InChI is InChI=1S/C22H22N6/c1-15-3-2-4-20(27-15)22-21(25-14-26-22)16-5-6-19-17(11-16)12-18(13-24-19)28-9-7-23-8-10-28/h2-6,11-14,23H,7-10H2,1H3,(H,25,26). The molecule has 0 amide bonds. The third kappa shape index (κ3) is 3.12. The molecule has 1 aromatic carbocycles. The lowest BCUT2D eigenvalue weighted by Gasteiger charge is -2.29. The molecule has 2 N–H and O–H groups in total. The summed E-state index contributed by atoms with van der Waals surface area (Å²) in [6.45, 7) is 6.04. The van der Waals surface area contributed by atoms with E-state index in [2.05, 4.69) is 54.4 Å². The van der Waals surface area contributed by atoms with Crippen molar-refractivity contribution in [3.8, 4) is 22.6 Å². The summed E-state index contributed by atoms with van der Waals surface area (Å²) in [6, 6.07) is 14.6. The van der Waals surface area contributed by atoms with Gasteiger partial charge in [-0.15, -0.1) is 0 Å². The van der Waals surface area contributed by atoms with Crippen molar-refractivity contribution < 1.29 is 0 Å². The first-order chi connectivity index (χ1) is 13.8. The number of aryl methyl sites for hydroxylation is 1. The largest absolute Gasteiger partial charge is 0.368 e. The number of nitrogens with one attached hydrogen (secondary N) is 2. The van der Waals surface area contributed by atoms with E-state index < -0.39 is 0 Å². The van der Waals surface area contributed by atoms with Gasteiger partial charge >= 0.3 is 0 Å².